The number of aromatic nitrogens is 2. The predicted octanol–water partition coefficient (Wildman–Crippen LogP) is 2.48. The number of alkyl halides is 3. The number of hydrogen-bond acceptors (Lipinski definition) is 7. The molecule has 0 unspecified atom stereocenters. The van der Waals surface area contributed by atoms with Gasteiger partial charge in [0.2, 0.25) is 11.8 Å². The highest BCUT2D eigenvalue weighted by atomic mass is 19.4. The second-order valence-electron chi connectivity index (χ2n) is 4.23. The van der Waals surface area contributed by atoms with Crippen LogP contribution >= 0.6 is 0 Å². The molecule has 23 heavy (non-hydrogen) atoms. The molecule has 2 aromatic rings. The number of ether oxygens (including phenoxy) is 1. The number of rotatable bonds is 5. The summed E-state index contributed by atoms with van der Waals surface area (Å²) in [4.78, 5) is 17.2. The van der Waals surface area contributed by atoms with Crippen LogP contribution in [-0.2, 0) is 6.54 Å². The number of para-hydroxylation sites is 1. The largest absolute Gasteiger partial charge is 0.573 e. The molecule has 1 aromatic heterocycles. The van der Waals surface area contributed by atoms with Crippen LogP contribution in [0.5, 0.6) is 5.75 Å². The number of nitro groups is 1. The van der Waals surface area contributed by atoms with Crippen LogP contribution in [0.3, 0.4) is 0 Å². The number of nitrogen functional groups attached to an aromatic ring is 1. The average Bonchev–Trinajstić information content (AvgIpc) is 2.44. The molecule has 1 aromatic carbocycles. The number of nitrogens with one attached hydrogen (secondary N) is 1. The summed E-state index contributed by atoms with van der Waals surface area (Å²) in [6.45, 7) is -0.0937. The Morgan fingerprint density at radius 1 is 1.35 bits per heavy atom. The molecule has 11 heteroatoms. The topological polar surface area (TPSA) is 116 Å². The molecule has 0 radical (unpaired) electrons. The van der Waals surface area contributed by atoms with E-state index in [4.69, 9.17) is 5.73 Å². The van der Waals surface area contributed by atoms with Gasteiger partial charge in [0.05, 0.1) is 4.92 Å². The van der Waals surface area contributed by atoms with E-state index in [0.717, 1.165) is 12.3 Å². The van der Waals surface area contributed by atoms with Crippen molar-refractivity contribution in [1.29, 1.82) is 0 Å². The highest BCUT2D eigenvalue weighted by Gasteiger charge is 2.31. The lowest BCUT2D eigenvalue weighted by Crippen LogP contribution is -2.18. The molecule has 0 amide bonds. The Bertz CT molecular complexity index is 723. The van der Waals surface area contributed by atoms with Gasteiger partial charge in [0.25, 0.3) is 0 Å². The summed E-state index contributed by atoms with van der Waals surface area (Å²) in [6, 6.07) is 5.51. The van der Waals surface area contributed by atoms with Crippen molar-refractivity contribution in [3.05, 3.63) is 46.1 Å². The van der Waals surface area contributed by atoms with Gasteiger partial charge in [0, 0.05) is 12.1 Å². The minimum atomic E-state index is -4.82. The van der Waals surface area contributed by atoms with Gasteiger partial charge in [-0.25, -0.2) is 4.98 Å². The van der Waals surface area contributed by atoms with Crippen LogP contribution in [0.4, 0.5) is 30.6 Å². The molecule has 0 spiro atoms. The normalized spacial score (nSPS) is 11.1. The second kappa shape index (κ2) is 6.34. The Kier molecular flexibility index (Phi) is 4.48. The van der Waals surface area contributed by atoms with E-state index < -0.39 is 17.0 Å². The van der Waals surface area contributed by atoms with E-state index in [1.165, 1.54) is 18.2 Å². The molecule has 8 nitrogen and oxygen atoms in total. The molecule has 122 valence electrons. The smallest absolute Gasteiger partial charge is 0.405 e. The standard InChI is InChI=1S/C12H10F3N5O3/c13-12(14,15)23-9-4-2-1-3-7(9)5-17-11-18-6-8(20(21)22)10(16)19-11/h1-4,6H,5H2,(H3,16,17,18,19). The van der Waals surface area contributed by atoms with Gasteiger partial charge in [-0.15, -0.1) is 13.2 Å². The first-order chi connectivity index (χ1) is 10.8. The maximum Gasteiger partial charge on any atom is 0.573 e. The lowest BCUT2D eigenvalue weighted by Gasteiger charge is -2.13. The SMILES string of the molecule is Nc1nc(NCc2ccccc2OC(F)(F)F)ncc1[N+](=O)[O-]. The van der Waals surface area contributed by atoms with Crippen molar-refractivity contribution < 1.29 is 22.8 Å². The predicted molar refractivity (Wildman–Crippen MR) is 73.6 cm³/mol. The van der Waals surface area contributed by atoms with E-state index in [9.17, 15) is 23.3 Å². The summed E-state index contributed by atoms with van der Waals surface area (Å²) < 4.78 is 40.8. The van der Waals surface area contributed by atoms with E-state index in [0.29, 0.717) is 0 Å². The highest BCUT2D eigenvalue weighted by molar-refractivity contribution is 5.53. The fourth-order valence-corrected chi connectivity index (χ4v) is 1.66. The third-order valence-electron chi connectivity index (χ3n) is 2.63. The van der Waals surface area contributed by atoms with Gasteiger partial charge in [-0.05, 0) is 6.07 Å². The zero-order valence-electron chi connectivity index (χ0n) is 11.4. The number of benzene rings is 1. The van der Waals surface area contributed by atoms with E-state index >= 15 is 0 Å². The minimum absolute atomic E-state index is 0.0603. The zero-order chi connectivity index (χ0) is 17.0. The summed E-state index contributed by atoms with van der Waals surface area (Å²) in [7, 11) is 0. The van der Waals surface area contributed by atoms with Crippen LogP contribution in [0.15, 0.2) is 30.5 Å². The van der Waals surface area contributed by atoms with Crippen molar-refractivity contribution in [2.45, 2.75) is 12.9 Å². The summed E-state index contributed by atoms with van der Waals surface area (Å²) in [5.74, 6) is -0.787. The average molecular weight is 329 g/mol. The zero-order valence-corrected chi connectivity index (χ0v) is 11.4. The lowest BCUT2D eigenvalue weighted by molar-refractivity contribution is -0.384. The van der Waals surface area contributed by atoms with Gasteiger partial charge in [0.1, 0.15) is 11.9 Å². The van der Waals surface area contributed by atoms with Crippen molar-refractivity contribution in [1.82, 2.24) is 9.97 Å². The van der Waals surface area contributed by atoms with Gasteiger partial charge in [-0.1, -0.05) is 18.2 Å². The van der Waals surface area contributed by atoms with Crippen molar-refractivity contribution in [3.8, 4) is 5.75 Å². The van der Waals surface area contributed by atoms with E-state index in [1.54, 1.807) is 0 Å². The van der Waals surface area contributed by atoms with Crippen LogP contribution in [0.25, 0.3) is 0 Å². The second-order valence-corrected chi connectivity index (χ2v) is 4.23. The van der Waals surface area contributed by atoms with E-state index in [2.05, 4.69) is 20.0 Å². The molecule has 0 fully saturated rings. The molecule has 0 aliphatic heterocycles. The van der Waals surface area contributed by atoms with Crippen LogP contribution in [0.2, 0.25) is 0 Å². The van der Waals surface area contributed by atoms with Crippen LogP contribution in [0.1, 0.15) is 5.56 Å². The summed E-state index contributed by atoms with van der Waals surface area (Å²) >= 11 is 0. The van der Waals surface area contributed by atoms with Gasteiger partial charge in [-0.3, -0.25) is 10.1 Å². The Labute approximate surface area is 127 Å². The minimum Gasteiger partial charge on any atom is -0.405 e. The maximum absolute atomic E-state index is 12.3. The van der Waals surface area contributed by atoms with Crippen LogP contribution in [-0.4, -0.2) is 21.3 Å². The number of nitrogens with zero attached hydrogens (tertiary/aromatic N) is 3. The Morgan fingerprint density at radius 2 is 2.04 bits per heavy atom. The third kappa shape index (κ3) is 4.43. The molecule has 0 saturated carbocycles. The van der Waals surface area contributed by atoms with Crippen LogP contribution < -0.4 is 15.8 Å². The van der Waals surface area contributed by atoms with Crippen molar-refractivity contribution >= 4 is 17.5 Å². The lowest BCUT2D eigenvalue weighted by atomic mass is 10.2. The molecular formula is C12H10F3N5O3. The Morgan fingerprint density at radius 3 is 2.65 bits per heavy atom. The molecule has 3 N–H and O–H groups in total. The molecular weight excluding hydrogens is 319 g/mol. The van der Waals surface area contributed by atoms with Gasteiger partial charge < -0.3 is 15.8 Å². The third-order valence-corrected chi connectivity index (χ3v) is 2.63. The number of anilines is 2. The highest BCUT2D eigenvalue weighted by Crippen LogP contribution is 2.26. The van der Waals surface area contributed by atoms with E-state index in [1.807, 2.05) is 0 Å². The van der Waals surface area contributed by atoms with Crippen LogP contribution in [0, 0.1) is 10.1 Å². The monoisotopic (exact) mass is 329 g/mol. The fraction of sp³-hybridized carbons (Fsp3) is 0.167. The number of nitrogens with two attached hydrogens (primary N) is 1. The molecule has 1 heterocycles. The quantitative estimate of drug-likeness (QED) is 0.639. The summed E-state index contributed by atoms with van der Waals surface area (Å²) in [6.07, 6.45) is -3.91. The molecule has 2 rings (SSSR count). The summed E-state index contributed by atoms with van der Waals surface area (Å²) in [5, 5.41) is 13.2. The fourth-order valence-electron chi connectivity index (χ4n) is 1.66. The van der Waals surface area contributed by atoms with Gasteiger partial charge >= 0.3 is 12.0 Å². The van der Waals surface area contributed by atoms with Gasteiger partial charge in [0.15, 0.2) is 0 Å². The Hall–Kier alpha value is -3.11. The van der Waals surface area contributed by atoms with Crippen molar-refractivity contribution in [2.24, 2.45) is 0 Å². The van der Waals surface area contributed by atoms with Crippen molar-refractivity contribution in [3.63, 3.8) is 0 Å². The maximum atomic E-state index is 12.3. The molecule has 0 bridgehead atoms. The van der Waals surface area contributed by atoms with E-state index in [-0.39, 0.29) is 29.6 Å². The van der Waals surface area contributed by atoms with Crippen molar-refractivity contribution in [2.75, 3.05) is 11.1 Å². The van der Waals surface area contributed by atoms with Gasteiger partial charge in [-0.2, -0.15) is 4.98 Å². The number of hydrogen-bond donors (Lipinski definition) is 2. The Balaban J connectivity index is 2.12. The number of halogens is 3. The molecule has 0 aliphatic rings. The summed E-state index contributed by atoms with van der Waals surface area (Å²) in [5.41, 5.74) is 5.14. The molecule has 0 saturated heterocycles. The first-order valence-corrected chi connectivity index (χ1v) is 6.10. The first kappa shape index (κ1) is 16.3. The molecule has 0 aliphatic carbocycles. The molecule has 0 atom stereocenters. The first-order valence-electron chi connectivity index (χ1n) is 6.10.